The predicted molar refractivity (Wildman–Crippen MR) is 69.2 cm³/mol. The molecule has 0 unspecified atom stereocenters. The van der Waals surface area contributed by atoms with Crippen LogP contribution in [0, 0.1) is 0 Å². The van der Waals surface area contributed by atoms with Crippen molar-refractivity contribution in [2.75, 3.05) is 7.11 Å². The summed E-state index contributed by atoms with van der Waals surface area (Å²) in [6.45, 7) is 4.56. The normalized spacial score (nSPS) is 10.6. The molecule has 0 fully saturated rings. The maximum Gasteiger partial charge on any atom is 0.217 e. The van der Waals surface area contributed by atoms with Gasteiger partial charge >= 0.3 is 0 Å². The number of aromatic nitrogens is 3. The average molecular weight is 246 g/mol. The lowest BCUT2D eigenvalue weighted by molar-refractivity contribution is 0.390. The molecule has 0 radical (unpaired) electrons. The molecule has 0 saturated carbocycles. The summed E-state index contributed by atoms with van der Waals surface area (Å²) in [5.74, 6) is 0.675. The number of imidazole rings is 1. The SMILES string of the molecule is CCn1cncc1CNCc1cccnc1OC. The first-order chi connectivity index (χ1) is 8.85. The fourth-order valence-electron chi connectivity index (χ4n) is 1.85. The van der Waals surface area contributed by atoms with Crippen LogP contribution < -0.4 is 10.1 Å². The second kappa shape index (κ2) is 6.16. The summed E-state index contributed by atoms with van der Waals surface area (Å²) in [4.78, 5) is 8.31. The first kappa shape index (κ1) is 12.6. The highest BCUT2D eigenvalue weighted by atomic mass is 16.5. The van der Waals surface area contributed by atoms with Crippen LogP contribution in [0.25, 0.3) is 0 Å². The Hall–Kier alpha value is -1.88. The average Bonchev–Trinajstić information content (AvgIpc) is 2.87. The third kappa shape index (κ3) is 2.87. The standard InChI is InChI=1S/C13H18N4O/c1-3-17-10-15-9-12(17)8-14-7-11-5-4-6-16-13(11)18-2/h4-6,9-10,14H,3,7-8H2,1-2H3. The fourth-order valence-corrected chi connectivity index (χ4v) is 1.85. The summed E-state index contributed by atoms with van der Waals surface area (Å²) in [6, 6.07) is 3.92. The second-order valence-electron chi connectivity index (χ2n) is 3.95. The summed E-state index contributed by atoms with van der Waals surface area (Å²) in [7, 11) is 1.64. The van der Waals surface area contributed by atoms with Crippen LogP contribution in [0.4, 0.5) is 0 Å². The van der Waals surface area contributed by atoms with E-state index in [4.69, 9.17) is 4.74 Å². The van der Waals surface area contributed by atoms with Crippen LogP contribution in [0.1, 0.15) is 18.2 Å². The predicted octanol–water partition coefficient (Wildman–Crippen LogP) is 1.60. The summed E-state index contributed by atoms with van der Waals surface area (Å²) in [6.07, 6.45) is 5.47. The molecule has 0 aliphatic heterocycles. The van der Waals surface area contributed by atoms with E-state index in [9.17, 15) is 0 Å². The molecule has 0 spiro atoms. The van der Waals surface area contributed by atoms with Crippen molar-refractivity contribution < 1.29 is 4.74 Å². The third-order valence-electron chi connectivity index (χ3n) is 2.80. The third-order valence-corrected chi connectivity index (χ3v) is 2.80. The van der Waals surface area contributed by atoms with E-state index in [1.54, 1.807) is 13.3 Å². The van der Waals surface area contributed by atoms with Crippen molar-refractivity contribution in [3.05, 3.63) is 42.1 Å². The molecular formula is C13H18N4O. The van der Waals surface area contributed by atoms with Crippen molar-refractivity contribution in [3.8, 4) is 5.88 Å². The van der Waals surface area contributed by atoms with E-state index in [2.05, 4.69) is 26.8 Å². The number of methoxy groups -OCH3 is 1. The van der Waals surface area contributed by atoms with Crippen LogP contribution in [-0.4, -0.2) is 21.6 Å². The number of hydrogen-bond acceptors (Lipinski definition) is 4. The van der Waals surface area contributed by atoms with Gasteiger partial charge in [-0.1, -0.05) is 6.07 Å². The van der Waals surface area contributed by atoms with Gasteiger partial charge in [-0.05, 0) is 13.0 Å². The second-order valence-corrected chi connectivity index (χ2v) is 3.95. The van der Waals surface area contributed by atoms with E-state index >= 15 is 0 Å². The van der Waals surface area contributed by atoms with E-state index in [0.717, 1.165) is 25.2 Å². The van der Waals surface area contributed by atoms with Gasteiger partial charge < -0.3 is 14.6 Å². The lowest BCUT2D eigenvalue weighted by Gasteiger charge is -2.09. The zero-order valence-electron chi connectivity index (χ0n) is 10.8. The molecule has 0 bridgehead atoms. The molecule has 0 aliphatic rings. The summed E-state index contributed by atoms with van der Waals surface area (Å²) < 4.78 is 7.33. The Morgan fingerprint density at radius 1 is 1.39 bits per heavy atom. The maximum absolute atomic E-state index is 5.21. The van der Waals surface area contributed by atoms with Gasteiger partial charge in [-0.15, -0.1) is 0 Å². The Kier molecular flexibility index (Phi) is 4.30. The molecule has 2 heterocycles. The molecule has 0 aromatic carbocycles. The molecule has 0 aliphatic carbocycles. The molecule has 1 N–H and O–H groups in total. The lowest BCUT2D eigenvalue weighted by atomic mass is 10.2. The van der Waals surface area contributed by atoms with Gasteiger partial charge in [0.25, 0.3) is 0 Å². The van der Waals surface area contributed by atoms with E-state index in [0.29, 0.717) is 5.88 Å². The molecule has 2 rings (SSSR count). The van der Waals surface area contributed by atoms with Gasteiger partial charge in [-0.2, -0.15) is 0 Å². The minimum Gasteiger partial charge on any atom is -0.481 e. The highest BCUT2D eigenvalue weighted by Gasteiger charge is 2.04. The van der Waals surface area contributed by atoms with Crippen LogP contribution in [0.2, 0.25) is 0 Å². The molecule has 5 nitrogen and oxygen atoms in total. The zero-order chi connectivity index (χ0) is 12.8. The Balaban J connectivity index is 1.92. The molecular weight excluding hydrogens is 228 g/mol. The number of ether oxygens (including phenoxy) is 1. The van der Waals surface area contributed by atoms with Crippen LogP contribution >= 0.6 is 0 Å². The molecule has 96 valence electrons. The molecule has 2 aromatic rings. The highest BCUT2D eigenvalue weighted by molar-refractivity contribution is 5.25. The van der Waals surface area contributed by atoms with E-state index in [-0.39, 0.29) is 0 Å². The van der Waals surface area contributed by atoms with Gasteiger partial charge in [-0.3, -0.25) is 0 Å². The number of pyridine rings is 1. The van der Waals surface area contributed by atoms with Gasteiger partial charge in [0.1, 0.15) is 0 Å². The number of hydrogen-bond donors (Lipinski definition) is 1. The van der Waals surface area contributed by atoms with Crippen molar-refractivity contribution in [2.45, 2.75) is 26.6 Å². The number of aryl methyl sites for hydroxylation is 1. The monoisotopic (exact) mass is 246 g/mol. The van der Waals surface area contributed by atoms with Crippen molar-refractivity contribution in [1.82, 2.24) is 19.9 Å². The topological polar surface area (TPSA) is 52.0 Å². The van der Waals surface area contributed by atoms with Gasteiger partial charge in [-0.25, -0.2) is 9.97 Å². The fraction of sp³-hybridized carbons (Fsp3) is 0.385. The lowest BCUT2D eigenvalue weighted by Crippen LogP contribution is -2.16. The van der Waals surface area contributed by atoms with Gasteiger partial charge in [0.15, 0.2) is 0 Å². The summed E-state index contributed by atoms with van der Waals surface area (Å²) in [5.41, 5.74) is 2.24. The van der Waals surface area contributed by atoms with Crippen molar-refractivity contribution in [1.29, 1.82) is 0 Å². The van der Waals surface area contributed by atoms with Crippen LogP contribution in [-0.2, 0) is 19.6 Å². The van der Waals surface area contributed by atoms with Gasteiger partial charge in [0.2, 0.25) is 5.88 Å². The van der Waals surface area contributed by atoms with Crippen LogP contribution in [0.15, 0.2) is 30.9 Å². The molecule has 0 saturated heterocycles. The van der Waals surface area contributed by atoms with E-state index in [1.165, 1.54) is 5.69 Å². The van der Waals surface area contributed by atoms with Crippen molar-refractivity contribution >= 4 is 0 Å². The maximum atomic E-state index is 5.21. The number of nitrogens with one attached hydrogen (secondary N) is 1. The van der Waals surface area contributed by atoms with E-state index in [1.807, 2.05) is 24.7 Å². The molecule has 0 amide bonds. The summed E-state index contributed by atoms with van der Waals surface area (Å²) >= 11 is 0. The minimum atomic E-state index is 0.675. The van der Waals surface area contributed by atoms with Crippen molar-refractivity contribution in [3.63, 3.8) is 0 Å². The van der Waals surface area contributed by atoms with E-state index < -0.39 is 0 Å². The van der Waals surface area contributed by atoms with Crippen LogP contribution in [0.5, 0.6) is 5.88 Å². The molecule has 18 heavy (non-hydrogen) atoms. The first-order valence-corrected chi connectivity index (χ1v) is 6.02. The first-order valence-electron chi connectivity index (χ1n) is 6.02. The molecule has 2 aromatic heterocycles. The smallest absolute Gasteiger partial charge is 0.217 e. The number of nitrogens with zero attached hydrogens (tertiary/aromatic N) is 3. The number of rotatable bonds is 6. The Morgan fingerprint density at radius 2 is 2.28 bits per heavy atom. The molecule has 5 heteroatoms. The Labute approximate surface area is 107 Å². The van der Waals surface area contributed by atoms with Crippen LogP contribution in [0.3, 0.4) is 0 Å². The largest absolute Gasteiger partial charge is 0.481 e. The molecule has 0 atom stereocenters. The quantitative estimate of drug-likeness (QED) is 0.841. The Bertz CT molecular complexity index is 495. The zero-order valence-corrected chi connectivity index (χ0v) is 10.8. The van der Waals surface area contributed by atoms with Gasteiger partial charge in [0.05, 0.1) is 19.1 Å². The highest BCUT2D eigenvalue weighted by Crippen LogP contribution is 2.13. The van der Waals surface area contributed by atoms with Gasteiger partial charge in [0, 0.05) is 37.6 Å². The Morgan fingerprint density at radius 3 is 3.06 bits per heavy atom. The summed E-state index contributed by atoms with van der Waals surface area (Å²) in [5, 5.41) is 3.37. The van der Waals surface area contributed by atoms with Crippen molar-refractivity contribution in [2.24, 2.45) is 0 Å². The minimum absolute atomic E-state index is 0.675.